The van der Waals surface area contributed by atoms with Crippen molar-refractivity contribution < 1.29 is 9.59 Å². The molecule has 0 aliphatic rings. The second-order valence-corrected chi connectivity index (χ2v) is 6.52. The van der Waals surface area contributed by atoms with E-state index in [-0.39, 0.29) is 16.5 Å². The summed E-state index contributed by atoms with van der Waals surface area (Å²) in [6, 6.07) is 6.18. The Morgan fingerprint density at radius 3 is 2.46 bits per heavy atom. The van der Waals surface area contributed by atoms with E-state index in [1.54, 1.807) is 19.1 Å². The van der Waals surface area contributed by atoms with Gasteiger partial charge < -0.3 is 16.0 Å². The van der Waals surface area contributed by atoms with E-state index in [4.69, 9.17) is 5.73 Å². The molecule has 0 fully saturated rings. The van der Waals surface area contributed by atoms with Crippen molar-refractivity contribution >= 4 is 17.5 Å². The molecule has 2 amide bonds. The van der Waals surface area contributed by atoms with Crippen LogP contribution in [-0.2, 0) is 5.41 Å². The fourth-order valence-electron chi connectivity index (χ4n) is 2.15. The molecule has 0 spiro atoms. The Balaban J connectivity index is 2.36. The topological polar surface area (TPSA) is 118 Å². The summed E-state index contributed by atoms with van der Waals surface area (Å²) >= 11 is 0. The predicted molar refractivity (Wildman–Crippen MR) is 91.2 cm³/mol. The van der Waals surface area contributed by atoms with Gasteiger partial charge in [0.25, 0.3) is 11.5 Å². The Kier molecular flexibility index (Phi) is 4.54. The molecule has 0 aliphatic heterocycles. The zero-order valence-electron chi connectivity index (χ0n) is 14.1. The van der Waals surface area contributed by atoms with E-state index in [1.165, 1.54) is 12.1 Å². The van der Waals surface area contributed by atoms with Gasteiger partial charge in [0.2, 0.25) is 5.91 Å². The smallest absolute Gasteiger partial charge is 0.264 e. The van der Waals surface area contributed by atoms with E-state index < -0.39 is 17.4 Å². The lowest BCUT2D eigenvalue weighted by atomic mass is 9.95. The number of anilines is 1. The van der Waals surface area contributed by atoms with E-state index in [0.717, 1.165) is 0 Å². The molecule has 0 unspecified atom stereocenters. The van der Waals surface area contributed by atoms with E-state index in [1.807, 2.05) is 20.8 Å². The molecule has 0 saturated heterocycles. The number of aryl methyl sites for hydroxylation is 1. The number of aromatic amines is 1. The Morgan fingerprint density at radius 1 is 1.25 bits per heavy atom. The van der Waals surface area contributed by atoms with Gasteiger partial charge in [-0.1, -0.05) is 26.8 Å². The van der Waals surface area contributed by atoms with Crippen LogP contribution >= 0.6 is 0 Å². The maximum Gasteiger partial charge on any atom is 0.264 e. The number of H-pyrrole nitrogens is 1. The number of primary amides is 1. The Hall–Kier alpha value is -2.96. The van der Waals surface area contributed by atoms with Crippen molar-refractivity contribution in [3.63, 3.8) is 0 Å². The molecule has 1 aromatic carbocycles. The normalized spacial score (nSPS) is 11.2. The molecule has 2 rings (SSSR count). The van der Waals surface area contributed by atoms with Crippen LogP contribution in [0, 0.1) is 6.92 Å². The van der Waals surface area contributed by atoms with Gasteiger partial charge in [-0.15, -0.1) is 0 Å². The van der Waals surface area contributed by atoms with Crippen LogP contribution in [0.1, 0.15) is 53.0 Å². The SMILES string of the molecule is Cc1nc(C(C)(C)C)[nH]c(=O)c1C(=O)Nc1cccc(C(N)=O)c1. The summed E-state index contributed by atoms with van der Waals surface area (Å²) in [5.74, 6) is -0.683. The number of carbonyl (C=O) groups is 2. The number of carbonyl (C=O) groups excluding carboxylic acids is 2. The van der Waals surface area contributed by atoms with Gasteiger partial charge in [0.1, 0.15) is 11.4 Å². The maximum absolute atomic E-state index is 12.4. The number of rotatable bonds is 3. The van der Waals surface area contributed by atoms with Crippen LogP contribution in [0.25, 0.3) is 0 Å². The number of hydrogen-bond acceptors (Lipinski definition) is 4. The minimum atomic E-state index is -0.601. The van der Waals surface area contributed by atoms with E-state index in [2.05, 4.69) is 15.3 Å². The van der Waals surface area contributed by atoms with Gasteiger partial charge in [-0.3, -0.25) is 14.4 Å². The molecule has 1 aromatic heterocycles. The highest BCUT2D eigenvalue weighted by atomic mass is 16.2. The quantitative estimate of drug-likeness (QED) is 0.795. The summed E-state index contributed by atoms with van der Waals surface area (Å²) < 4.78 is 0. The van der Waals surface area contributed by atoms with Crippen LogP contribution in [0.15, 0.2) is 29.1 Å². The van der Waals surface area contributed by atoms with E-state index >= 15 is 0 Å². The Labute approximate surface area is 139 Å². The van der Waals surface area contributed by atoms with Crippen LogP contribution in [0.3, 0.4) is 0 Å². The van der Waals surface area contributed by atoms with Gasteiger partial charge in [0, 0.05) is 16.7 Å². The minimum absolute atomic E-state index is 0.0625. The molecular formula is C17H20N4O3. The molecule has 0 radical (unpaired) electrons. The third-order valence-corrected chi connectivity index (χ3v) is 3.44. The summed E-state index contributed by atoms with van der Waals surface area (Å²) in [4.78, 5) is 42.9. The summed E-state index contributed by atoms with van der Waals surface area (Å²) in [5, 5.41) is 2.59. The van der Waals surface area contributed by atoms with Crippen LogP contribution in [0.5, 0.6) is 0 Å². The molecule has 7 heteroatoms. The number of benzene rings is 1. The average Bonchev–Trinajstić information content (AvgIpc) is 2.45. The molecule has 126 valence electrons. The van der Waals surface area contributed by atoms with Gasteiger partial charge >= 0.3 is 0 Å². The highest BCUT2D eigenvalue weighted by Gasteiger charge is 2.22. The molecule has 0 atom stereocenters. The summed E-state index contributed by atoms with van der Waals surface area (Å²) in [6.07, 6.45) is 0. The highest BCUT2D eigenvalue weighted by Crippen LogP contribution is 2.18. The van der Waals surface area contributed by atoms with Crippen LogP contribution in [-0.4, -0.2) is 21.8 Å². The third kappa shape index (κ3) is 3.68. The third-order valence-electron chi connectivity index (χ3n) is 3.44. The molecular weight excluding hydrogens is 308 g/mol. The van der Waals surface area contributed by atoms with Crippen molar-refractivity contribution in [1.82, 2.24) is 9.97 Å². The first-order chi connectivity index (χ1) is 11.1. The first-order valence-corrected chi connectivity index (χ1v) is 7.42. The predicted octanol–water partition coefficient (Wildman–Crippen LogP) is 1.73. The summed E-state index contributed by atoms with van der Waals surface area (Å²) in [7, 11) is 0. The molecule has 1 heterocycles. The van der Waals surface area contributed by atoms with Crippen molar-refractivity contribution in [2.24, 2.45) is 5.73 Å². The molecule has 2 aromatic rings. The number of nitrogens with one attached hydrogen (secondary N) is 2. The number of aromatic nitrogens is 2. The standard InChI is InChI=1S/C17H20N4O3/c1-9-12(15(24)21-16(19-9)17(2,3)4)14(23)20-11-7-5-6-10(8-11)13(18)22/h5-8H,1-4H3,(H2,18,22)(H,20,23)(H,19,21,24). The Bertz CT molecular complexity index is 863. The van der Waals surface area contributed by atoms with Gasteiger partial charge in [-0.25, -0.2) is 4.98 Å². The minimum Gasteiger partial charge on any atom is -0.366 e. The van der Waals surface area contributed by atoms with Gasteiger partial charge in [-0.2, -0.15) is 0 Å². The monoisotopic (exact) mass is 328 g/mol. The number of amides is 2. The van der Waals surface area contributed by atoms with Crippen LogP contribution in [0.4, 0.5) is 5.69 Å². The van der Waals surface area contributed by atoms with Gasteiger partial charge in [0.05, 0.1) is 5.69 Å². The van der Waals surface area contributed by atoms with Crippen LogP contribution in [0.2, 0.25) is 0 Å². The van der Waals surface area contributed by atoms with Gasteiger partial charge in [0.15, 0.2) is 0 Å². The van der Waals surface area contributed by atoms with Crippen LogP contribution < -0.4 is 16.6 Å². The number of nitrogens with two attached hydrogens (primary N) is 1. The maximum atomic E-state index is 12.4. The molecule has 0 saturated carbocycles. The zero-order valence-corrected chi connectivity index (χ0v) is 14.1. The molecule has 0 aliphatic carbocycles. The van der Waals surface area contributed by atoms with Crippen molar-refractivity contribution in [2.75, 3.05) is 5.32 Å². The molecule has 24 heavy (non-hydrogen) atoms. The van der Waals surface area contributed by atoms with E-state index in [9.17, 15) is 14.4 Å². The number of hydrogen-bond donors (Lipinski definition) is 3. The molecule has 4 N–H and O–H groups in total. The summed E-state index contributed by atoms with van der Waals surface area (Å²) in [6.45, 7) is 7.36. The second-order valence-electron chi connectivity index (χ2n) is 6.52. The lowest BCUT2D eigenvalue weighted by Gasteiger charge is -2.18. The highest BCUT2D eigenvalue weighted by molar-refractivity contribution is 6.05. The zero-order chi connectivity index (χ0) is 18.1. The lowest BCUT2D eigenvalue weighted by molar-refractivity contribution is 0.0995. The fourth-order valence-corrected chi connectivity index (χ4v) is 2.15. The molecule has 0 bridgehead atoms. The first kappa shape index (κ1) is 17.4. The van der Waals surface area contributed by atoms with Crippen molar-refractivity contribution in [3.05, 3.63) is 57.3 Å². The fraction of sp³-hybridized carbons (Fsp3) is 0.294. The van der Waals surface area contributed by atoms with Crippen molar-refractivity contribution in [3.8, 4) is 0 Å². The Morgan fingerprint density at radius 2 is 1.92 bits per heavy atom. The number of nitrogens with zero attached hydrogens (tertiary/aromatic N) is 1. The van der Waals surface area contributed by atoms with Crippen molar-refractivity contribution in [1.29, 1.82) is 0 Å². The van der Waals surface area contributed by atoms with Gasteiger partial charge in [-0.05, 0) is 25.1 Å². The van der Waals surface area contributed by atoms with Crippen molar-refractivity contribution in [2.45, 2.75) is 33.1 Å². The molecule has 7 nitrogen and oxygen atoms in total. The van der Waals surface area contributed by atoms with E-state index in [0.29, 0.717) is 17.2 Å². The summed E-state index contributed by atoms with van der Waals surface area (Å²) in [5.41, 5.74) is 5.28. The largest absolute Gasteiger partial charge is 0.366 e. The average molecular weight is 328 g/mol. The lowest BCUT2D eigenvalue weighted by Crippen LogP contribution is -2.30. The second kappa shape index (κ2) is 6.27. The first-order valence-electron chi connectivity index (χ1n) is 7.42.